The normalized spacial score (nSPS) is 10.4. The number of aromatic nitrogens is 3. The number of nitrogens with one attached hydrogen (secondary N) is 1. The van der Waals surface area contributed by atoms with E-state index >= 15 is 0 Å². The Balaban J connectivity index is 2.40. The van der Waals surface area contributed by atoms with Crippen LogP contribution in [0.15, 0.2) is 38.6 Å². The molecule has 2 aromatic rings. The van der Waals surface area contributed by atoms with Gasteiger partial charge in [0.2, 0.25) is 0 Å². The number of nitrogens with two attached hydrogens (primary N) is 1. The van der Waals surface area contributed by atoms with Crippen molar-refractivity contribution in [3.05, 3.63) is 55.5 Å². The van der Waals surface area contributed by atoms with Crippen molar-refractivity contribution in [2.45, 2.75) is 6.54 Å². The summed E-state index contributed by atoms with van der Waals surface area (Å²) in [5.74, 6) is 0. The predicted molar refractivity (Wildman–Crippen MR) is 66.8 cm³/mol. The summed E-state index contributed by atoms with van der Waals surface area (Å²) in [7, 11) is 0. The lowest BCUT2D eigenvalue weighted by Gasteiger charge is -2.05. The van der Waals surface area contributed by atoms with Gasteiger partial charge in [0.15, 0.2) is 0 Å². The first-order valence-corrected chi connectivity index (χ1v) is 5.55. The monoisotopic (exact) mass is 296 g/mol. The summed E-state index contributed by atoms with van der Waals surface area (Å²) >= 11 is 3.06. The molecule has 0 bridgehead atoms. The third-order valence-corrected chi connectivity index (χ3v) is 2.71. The van der Waals surface area contributed by atoms with Gasteiger partial charge in [-0.2, -0.15) is 0 Å². The van der Waals surface area contributed by atoms with Crippen LogP contribution >= 0.6 is 15.9 Å². The van der Waals surface area contributed by atoms with Gasteiger partial charge < -0.3 is 5.73 Å². The zero-order chi connectivity index (χ0) is 12.4. The largest absolute Gasteiger partial charge is 0.399 e. The summed E-state index contributed by atoms with van der Waals surface area (Å²) in [5, 5.41) is 0. The Hall–Kier alpha value is -1.89. The summed E-state index contributed by atoms with van der Waals surface area (Å²) in [6, 6.07) is 3.33. The highest BCUT2D eigenvalue weighted by atomic mass is 79.9. The molecule has 0 aliphatic carbocycles. The molecule has 2 heterocycles. The zero-order valence-corrected chi connectivity index (χ0v) is 10.3. The number of halogens is 1. The number of H-pyrrole nitrogens is 1. The SMILES string of the molecule is Nc1ccnc(Cn2cc(Br)c(=O)[nH]c2=O)c1. The second kappa shape index (κ2) is 4.54. The molecule has 0 aliphatic rings. The molecule has 0 fully saturated rings. The van der Waals surface area contributed by atoms with E-state index in [-0.39, 0.29) is 6.54 Å². The summed E-state index contributed by atoms with van der Waals surface area (Å²) < 4.78 is 1.63. The van der Waals surface area contributed by atoms with Crippen LogP contribution in [-0.4, -0.2) is 14.5 Å². The van der Waals surface area contributed by atoms with E-state index in [0.29, 0.717) is 15.9 Å². The van der Waals surface area contributed by atoms with Crippen molar-refractivity contribution in [3.63, 3.8) is 0 Å². The Bertz CT molecular complexity index is 662. The van der Waals surface area contributed by atoms with Crippen molar-refractivity contribution in [2.24, 2.45) is 0 Å². The van der Waals surface area contributed by atoms with Crippen LogP contribution in [0.25, 0.3) is 0 Å². The minimum absolute atomic E-state index is 0.249. The van der Waals surface area contributed by atoms with Crippen LogP contribution in [-0.2, 0) is 6.54 Å². The van der Waals surface area contributed by atoms with Gasteiger partial charge in [0.05, 0.1) is 16.7 Å². The Morgan fingerprint density at radius 3 is 2.94 bits per heavy atom. The van der Waals surface area contributed by atoms with E-state index in [1.165, 1.54) is 10.8 Å². The smallest absolute Gasteiger partial charge is 0.328 e. The molecule has 6 nitrogen and oxygen atoms in total. The highest BCUT2D eigenvalue weighted by Crippen LogP contribution is 2.05. The Morgan fingerprint density at radius 2 is 2.24 bits per heavy atom. The number of rotatable bonds is 2. The van der Waals surface area contributed by atoms with E-state index < -0.39 is 11.2 Å². The molecule has 0 aromatic carbocycles. The molecule has 0 atom stereocenters. The molecule has 0 saturated heterocycles. The fraction of sp³-hybridized carbons (Fsp3) is 0.100. The minimum atomic E-state index is -0.484. The Labute approximate surface area is 104 Å². The van der Waals surface area contributed by atoms with Crippen LogP contribution in [0.3, 0.4) is 0 Å². The first-order chi connectivity index (χ1) is 8.06. The van der Waals surface area contributed by atoms with Crippen molar-refractivity contribution in [2.75, 3.05) is 5.73 Å². The summed E-state index contributed by atoms with van der Waals surface area (Å²) in [6.07, 6.45) is 2.99. The molecular formula is C10H9BrN4O2. The van der Waals surface area contributed by atoms with Gasteiger partial charge >= 0.3 is 5.69 Å². The van der Waals surface area contributed by atoms with Crippen LogP contribution in [0, 0.1) is 0 Å². The maximum Gasteiger partial charge on any atom is 0.328 e. The van der Waals surface area contributed by atoms with Crippen molar-refractivity contribution in [3.8, 4) is 0 Å². The lowest BCUT2D eigenvalue weighted by molar-refractivity contribution is 0.701. The highest BCUT2D eigenvalue weighted by Gasteiger charge is 2.03. The van der Waals surface area contributed by atoms with Crippen molar-refractivity contribution in [1.82, 2.24) is 14.5 Å². The van der Waals surface area contributed by atoms with Crippen LogP contribution < -0.4 is 17.0 Å². The van der Waals surface area contributed by atoms with E-state index in [1.54, 1.807) is 18.3 Å². The number of pyridine rings is 1. The van der Waals surface area contributed by atoms with Gasteiger partial charge in [-0.1, -0.05) is 0 Å². The van der Waals surface area contributed by atoms with Crippen molar-refractivity contribution >= 4 is 21.6 Å². The van der Waals surface area contributed by atoms with E-state index in [9.17, 15) is 9.59 Å². The van der Waals surface area contributed by atoms with E-state index in [1.807, 2.05) is 0 Å². The number of hydrogen-bond acceptors (Lipinski definition) is 4. The van der Waals surface area contributed by atoms with Gasteiger partial charge in [0.25, 0.3) is 5.56 Å². The average Bonchev–Trinajstić information content (AvgIpc) is 2.26. The van der Waals surface area contributed by atoms with Crippen molar-refractivity contribution < 1.29 is 0 Å². The lowest BCUT2D eigenvalue weighted by atomic mass is 10.3. The van der Waals surface area contributed by atoms with Gasteiger partial charge in [-0.05, 0) is 28.1 Å². The molecule has 2 rings (SSSR count). The van der Waals surface area contributed by atoms with E-state index in [2.05, 4.69) is 25.9 Å². The van der Waals surface area contributed by atoms with Crippen LogP contribution in [0.5, 0.6) is 0 Å². The lowest BCUT2D eigenvalue weighted by Crippen LogP contribution is -2.30. The second-order valence-electron chi connectivity index (χ2n) is 3.44. The predicted octanol–water partition coefficient (Wildman–Crippen LogP) is 0.325. The third-order valence-electron chi connectivity index (χ3n) is 2.14. The van der Waals surface area contributed by atoms with Gasteiger partial charge in [-0.25, -0.2) is 4.79 Å². The van der Waals surface area contributed by atoms with Crippen molar-refractivity contribution in [1.29, 1.82) is 0 Å². The number of hydrogen-bond donors (Lipinski definition) is 2. The molecule has 0 unspecified atom stereocenters. The number of anilines is 1. The zero-order valence-electron chi connectivity index (χ0n) is 8.68. The average molecular weight is 297 g/mol. The molecular weight excluding hydrogens is 288 g/mol. The van der Waals surface area contributed by atoms with E-state index in [0.717, 1.165) is 0 Å². The molecule has 0 saturated carbocycles. The molecule has 88 valence electrons. The molecule has 0 aliphatic heterocycles. The molecule has 3 N–H and O–H groups in total. The first kappa shape index (κ1) is 11.6. The number of nitrogen functional groups attached to an aromatic ring is 1. The number of aromatic amines is 1. The summed E-state index contributed by atoms with van der Waals surface area (Å²) in [5.41, 5.74) is 5.89. The fourth-order valence-electron chi connectivity index (χ4n) is 1.36. The van der Waals surface area contributed by atoms with Crippen LogP contribution in [0.1, 0.15) is 5.69 Å². The van der Waals surface area contributed by atoms with Gasteiger partial charge in [-0.3, -0.25) is 19.3 Å². The summed E-state index contributed by atoms with van der Waals surface area (Å²) in [6.45, 7) is 0.249. The molecule has 2 aromatic heterocycles. The highest BCUT2D eigenvalue weighted by molar-refractivity contribution is 9.10. The molecule has 0 amide bonds. The second-order valence-corrected chi connectivity index (χ2v) is 4.30. The van der Waals surface area contributed by atoms with Gasteiger partial charge in [-0.15, -0.1) is 0 Å². The maximum atomic E-state index is 11.5. The molecule has 0 radical (unpaired) electrons. The maximum absolute atomic E-state index is 11.5. The van der Waals surface area contributed by atoms with E-state index in [4.69, 9.17) is 5.73 Å². The first-order valence-electron chi connectivity index (χ1n) is 4.76. The Morgan fingerprint density at radius 1 is 1.47 bits per heavy atom. The van der Waals surface area contributed by atoms with Gasteiger partial charge in [0.1, 0.15) is 0 Å². The fourth-order valence-corrected chi connectivity index (χ4v) is 1.70. The topological polar surface area (TPSA) is 93.8 Å². The van der Waals surface area contributed by atoms with Crippen LogP contribution in [0.2, 0.25) is 0 Å². The Kier molecular flexibility index (Phi) is 3.10. The third kappa shape index (κ3) is 2.62. The minimum Gasteiger partial charge on any atom is -0.399 e. The van der Waals surface area contributed by atoms with Crippen LogP contribution in [0.4, 0.5) is 5.69 Å². The molecule has 17 heavy (non-hydrogen) atoms. The quantitative estimate of drug-likeness (QED) is 0.835. The number of nitrogens with zero attached hydrogens (tertiary/aromatic N) is 2. The molecule has 7 heteroatoms. The van der Waals surface area contributed by atoms with Gasteiger partial charge in [0, 0.05) is 18.1 Å². The summed E-state index contributed by atoms with van der Waals surface area (Å²) in [4.78, 5) is 28.9. The standard InChI is InChI=1S/C10H9BrN4O2/c11-8-5-15(10(17)14-9(8)16)4-7-3-6(12)1-2-13-7/h1-3,5H,4H2,(H2,12,13)(H,14,16,17). The molecule has 0 spiro atoms.